The maximum Gasteiger partial charge on any atom is 0.122 e. The highest BCUT2D eigenvalue weighted by molar-refractivity contribution is 5.06. The number of hydrogen-bond donors (Lipinski definition) is 1. The van der Waals surface area contributed by atoms with Crippen molar-refractivity contribution in [2.24, 2.45) is 0 Å². The molecule has 3 heterocycles. The summed E-state index contributed by atoms with van der Waals surface area (Å²) in [5.41, 5.74) is 0. The Kier molecular flexibility index (Phi) is 4.76. The van der Waals surface area contributed by atoms with Crippen LogP contribution < -0.4 is 5.32 Å². The lowest BCUT2D eigenvalue weighted by Crippen LogP contribution is -2.46. The Balaban J connectivity index is 1.58. The largest absolute Gasteiger partial charge is 0.468 e. The Labute approximate surface area is 122 Å². The molecule has 2 atom stereocenters. The van der Waals surface area contributed by atoms with Gasteiger partial charge in [0.15, 0.2) is 0 Å². The summed E-state index contributed by atoms with van der Waals surface area (Å²) in [6, 6.07) is 5.17. The molecule has 2 unspecified atom stereocenters. The average Bonchev–Trinajstić information content (AvgIpc) is 3.12. The van der Waals surface area contributed by atoms with Crippen molar-refractivity contribution >= 4 is 0 Å². The minimum Gasteiger partial charge on any atom is -0.468 e. The van der Waals surface area contributed by atoms with Gasteiger partial charge in [-0.2, -0.15) is 0 Å². The number of nitrogens with one attached hydrogen (secondary N) is 1. The molecule has 0 saturated carbocycles. The van der Waals surface area contributed by atoms with E-state index in [1.54, 1.807) is 6.26 Å². The smallest absolute Gasteiger partial charge is 0.122 e. The summed E-state index contributed by atoms with van der Waals surface area (Å²) in [6.07, 6.45) is 7.05. The Morgan fingerprint density at radius 3 is 2.85 bits per heavy atom. The minimum absolute atomic E-state index is 0.403. The highest BCUT2D eigenvalue weighted by Crippen LogP contribution is 2.25. The molecule has 0 aromatic carbocycles. The van der Waals surface area contributed by atoms with Crippen molar-refractivity contribution in [3.63, 3.8) is 0 Å². The van der Waals surface area contributed by atoms with Crippen LogP contribution >= 0.6 is 0 Å². The normalized spacial score (nSPS) is 26.9. The maximum atomic E-state index is 5.68. The predicted molar refractivity (Wildman–Crippen MR) is 80.8 cm³/mol. The van der Waals surface area contributed by atoms with E-state index in [9.17, 15) is 0 Å². The van der Waals surface area contributed by atoms with Gasteiger partial charge in [-0.25, -0.2) is 0 Å². The van der Waals surface area contributed by atoms with Gasteiger partial charge in [-0.05, 0) is 64.5 Å². The maximum absolute atomic E-state index is 5.68. The Hall–Kier alpha value is -0.840. The lowest BCUT2D eigenvalue weighted by molar-refractivity contribution is 0.181. The van der Waals surface area contributed by atoms with Gasteiger partial charge < -0.3 is 14.6 Å². The molecule has 1 aromatic heterocycles. The molecule has 0 radical (unpaired) electrons. The van der Waals surface area contributed by atoms with Gasteiger partial charge in [0.05, 0.1) is 12.3 Å². The molecule has 1 N–H and O–H groups in total. The van der Waals surface area contributed by atoms with Crippen LogP contribution in [0.4, 0.5) is 0 Å². The van der Waals surface area contributed by atoms with Crippen LogP contribution in [0.3, 0.4) is 0 Å². The summed E-state index contributed by atoms with van der Waals surface area (Å²) in [6.45, 7) is 5.83. The van der Waals surface area contributed by atoms with Crippen molar-refractivity contribution < 1.29 is 4.42 Å². The zero-order valence-electron chi connectivity index (χ0n) is 12.6. The van der Waals surface area contributed by atoms with Gasteiger partial charge in [0.1, 0.15) is 5.76 Å². The number of nitrogens with zero attached hydrogens (tertiary/aromatic N) is 2. The van der Waals surface area contributed by atoms with Gasteiger partial charge in [0.2, 0.25) is 0 Å². The second-order valence-electron chi connectivity index (χ2n) is 6.28. The van der Waals surface area contributed by atoms with Gasteiger partial charge in [-0.15, -0.1) is 0 Å². The van der Waals surface area contributed by atoms with Crippen LogP contribution in [0.15, 0.2) is 22.8 Å². The number of rotatable bonds is 5. The van der Waals surface area contributed by atoms with E-state index in [0.29, 0.717) is 12.1 Å². The second kappa shape index (κ2) is 6.74. The monoisotopic (exact) mass is 277 g/mol. The van der Waals surface area contributed by atoms with Crippen LogP contribution in [0.2, 0.25) is 0 Å². The molecule has 2 aliphatic heterocycles. The van der Waals surface area contributed by atoms with E-state index in [-0.39, 0.29) is 0 Å². The Morgan fingerprint density at radius 2 is 2.15 bits per heavy atom. The van der Waals surface area contributed by atoms with Crippen LogP contribution in [-0.2, 0) is 0 Å². The van der Waals surface area contributed by atoms with Crippen LogP contribution in [0, 0.1) is 0 Å². The van der Waals surface area contributed by atoms with Crippen LogP contribution in [-0.4, -0.2) is 55.6 Å². The van der Waals surface area contributed by atoms with Gasteiger partial charge in [-0.3, -0.25) is 4.90 Å². The molecular weight excluding hydrogens is 250 g/mol. The molecule has 2 aliphatic rings. The van der Waals surface area contributed by atoms with E-state index < -0.39 is 0 Å². The van der Waals surface area contributed by atoms with Crippen LogP contribution in [0.1, 0.15) is 37.5 Å². The molecule has 4 nitrogen and oxygen atoms in total. The first-order valence-corrected chi connectivity index (χ1v) is 8.02. The van der Waals surface area contributed by atoms with Crippen molar-refractivity contribution in [1.29, 1.82) is 0 Å². The first kappa shape index (κ1) is 14.1. The lowest BCUT2D eigenvalue weighted by atomic mass is 10.1. The quantitative estimate of drug-likeness (QED) is 0.893. The fourth-order valence-corrected chi connectivity index (χ4v) is 3.56. The third kappa shape index (κ3) is 3.43. The first-order chi connectivity index (χ1) is 9.83. The number of likely N-dealkylation sites (N-methyl/N-ethyl adjacent to an activating group) is 1. The molecule has 0 amide bonds. The molecule has 4 heteroatoms. The highest BCUT2D eigenvalue weighted by Gasteiger charge is 2.26. The predicted octanol–water partition coefficient (Wildman–Crippen LogP) is 2.10. The zero-order chi connectivity index (χ0) is 13.8. The highest BCUT2D eigenvalue weighted by atomic mass is 16.3. The van der Waals surface area contributed by atoms with Gasteiger partial charge in [0.25, 0.3) is 0 Å². The third-order valence-electron chi connectivity index (χ3n) is 4.68. The number of furan rings is 1. The summed E-state index contributed by atoms with van der Waals surface area (Å²) in [5.74, 6) is 1.11. The van der Waals surface area contributed by atoms with Gasteiger partial charge in [-0.1, -0.05) is 0 Å². The van der Waals surface area contributed by atoms with E-state index in [2.05, 4.69) is 28.2 Å². The van der Waals surface area contributed by atoms with E-state index in [4.69, 9.17) is 4.42 Å². The summed E-state index contributed by atoms with van der Waals surface area (Å²) in [5, 5.41) is 3.77. The fourth-order valence-electron chi connectivity index (χ4n) is 3.56. The van der Waals surface area contributed by atoms with Crippen molar-refractivity contribution in [3.8, 4) is 0 Å². The second-order valence-corrected chi connectivity index (χ2v) is 6.28. The van der Waals surface area contributed by atoms with Crippen LogP contribution in [0.5, 0.6) is 0 Å². The van der Waals surface area contributed by atoms with Gasteiger partial charge >= 0.3 is 0 Å². The summed E-state index contributed by atoms with van der Waals surface area (Å²) in [7, 11) is 2.22. The van der Waals surface area contributed by atoms with E-state index in [0.717, 1.165) is 12.3 Å². The molecule has 0 bridgehead atoms. The molecule has 112 valence electrons. The van der Waals surface area contributed by atoms with Crippen molar-refractivity contribution in [1.82, 2.24) is 15.1 Å². The zero-order valence-corrected chi connectivity index (χ0v) is 12.6. The fraction of sp³-hybridized carbons (Fsp3) is 0.750. The number of piperidine rings is 1. The van der Waals surface area contributed by atoms with Crippen molar-refractivity contribution in [2.75, 3.05) is 39.8 Å². The van der Waals surface area contributed by atoms with E-state index in [1.165, 1.54) is 51.9 Å². The summed E-state index contributed by atoms with van der Waals surface area (Å²) >= 11 is 0. The van der Waals surface area contributed by atoms with Crippen molar-refractivity contribution in [2.45, 2.75) is 37.8 Å². The molecular formula is C16H27N3O. The first-order valence-electron chi connectivity index (χ1n) is 8.02. The van der Waals surface area contributed by atoms with E-state index >= 15 is 0 Å². The van der Waals surface area contributed by atoms with E-state index in [1.807, 2.05) is 6.07 Å². The molecule has 0 aliphatic carbocycles. The number of hydrogen-bond acceptors (Lipinski definition) is 4. The minimum atomic E-state index is 0.403. The summed E-state index contributed by atoms with van der Waals surface area (Å²) < 4.78 is 5.68. The molecule has 3 rings (SSSR count). The Bertz CT molecular complexity index is 386. The SMILES string of the molecule is CN1CCCC(NCC(c2ccco2)N2CCCC2)C1. The molecule has 1 aromatic rings. The average molecular weight is 277 g/mol. The molecule has 20 heavy (non-hydrogen) atoms. The Morgan fingerprint density at radius 1 is 1.30 bits per heavy atom. The topological polar surface area (TPSA) is 31.6 Å². The molecule has 0 spiro atoms. The summed E-state index contributed by atoms with van der Waals surface area (Å²) in [4.78, 5) is 5.00. The van der Waals surface area contributed by atoms with Crippen molar-refractivity contribution in [3.05, 3.63) is 24.2 Å². The molecule has 2 saturated heterocycles. The van der Waals surface area contributed by atoms with Gasteiger partial charge in [0, 0.05) is 19.1 Å². The standard InChI is InChI=1S/C16H27N3O/c1-18-8-4-6-14(13-18)17-12-15(16-7-5-11-20-16)19-9-2-3-10-19/h5,7,11,14-15,17H,2-4,6,8-10,12-13H2,1H3. The molecule has 2 fully saturated rings. The number of likely N-dealkylation sites (tertiary alicyclic amines) is 2. The van der Waals surface area contributed by atoms with Crippen LogP contribution in [0.25, 0.3) is 0 Å². The lowest BCUT2D eigenvalue weighted by Gasteiger charge is -2.33. The third-order valence-corrected chi connectivity index (χ3v) is 4.68.